The number of anilines is 1. The van der Waals surface area contributed by atoms with E-state index in [1.54, 1.807) is 19.1 Å². The summed E-state index contributed by atoms with van der Waals surface area (Å²) in [6.45, 7) is 2.96. The van der Waals surface area contributed by atoms with Gasteiger partial charge in [0.05, 0.1) is 17.1 Å². The first-order valence-electron chi connectivity index (χ1n) is 11.0. The number of ether oxygens (including phenoxy) is 1. The second-order valence-corrected chi connectivity index (χ2v) is 9.95. The molecule has 3 heterocycles. The summed E-state index contributed by atoms with van der Waals surface area (Å²) in [5.41, 5.74) is 2.17. The van der Waals surface area contributed by atoms with Crippen molar-refractivity contribution in [2.45, 2.75) is 45.1 Å². The molecule has 1 atom stereocenters. The lowest BCUT2D eigenvalue weighted by Gasteiger charge is -2.12. The van der Waals surface area contributed by atoms with E-state index in [-0.39, 0.29) is 28.8 Å². The molecule has 2 aliphatic rings. The Labute approximate surface area is 199 Å². The maximum Gasteiger partial charge on any atom is 0.292 e. The Kier molecular flexibility index (Phi) is 5.99. The fraction of sp³-hybridized carbons (Fsp3) is 0.375. The number of halogens is 1. The van der Waals surface area contributed by atoms with Crippen molar-refractivity contribution in [1.29, 1.82) is 0 Å². The third kappa shape index (κ3) is 4.30. The second-order valence-electron chi connectivity index (χ2n) is 8.43. The van der Waals surface area contributed by atoms with E-state index in [0.717, 1.165) is 60.8 Å². The fourth-order valence-electron chi connectivity index (χ4n) is 4.39. The van der Waals surface area contributed by atoms with Crippen molar-refractivity contribution in [3.63, 3.8) is 0 Å². The van der Waals surface area contributed by atoms with Gasteiger partial charge in [0, 0.05) is 29.1 Å². The molecule has 0 radical (unpaired) electrons. The van der Waals surface area contributed by atoms with Crippen molar-refractivity contribution in [2.75, 3.05) is 18.5 Å². The SMILES string of the molecule is Cc1cc2oc(C(=O)Nc3sc4c(c3C(=O)NC[C@@H]3CCCO3)CCC4)cc(=O)c2cc1Cl. The third-order valence-corrected chi connectivity index (χ3v) is 7.74. The highest BCUT2D eigenvalue weighted by molar-refractivity contribution is 7.17. The molecule has 33 heavy (non-hydrogen) atoms. The van der Waals surface area contributed by atoms with Crippen molar-refractivity contribution < 1.29 is 18.7 Å². The summed E-state index contributed by atoms with van der Waals surface area (Å²) in [6, 6.07) is 4.33. The first-order chi connectivity index (χ1) is 15.9. The summed E-state index contributed by atoms with van der Waals surface area (Å²) in [5, 5.41) is 7.02. The maximum absolute atomic E-state index is 13.1. The van der Waals surface area contributed by atoms with Crippen LogP contribution in [0.15, 0.2) is 27.4 Å². The lowest BCUT2D eigenvalue weighted by atomic mass is 10.1. The van der Waals surface area contributed by atoms with Gasteiger partial charge in [-0.2, -0.15) is 0 Å². The first-order valence-corrected chi connectivity index (χ1v) is 12.2. The van der Waals surface area contributed by atoms with Gasteiger partial charge < -0.3 is 19.8 Å². The van der Waals surface area contributed by atoms with Crippen molar-refractivity contribution in [3.8, 4) is 0 Å². The monoisotopic (exact) mass is 486 g/mol. The molecule has 1 saturated heterocycles. The Balaban J connectivity index is 1.42. The van der Waals surface area contributed by atoms with E-state index in [0.29, 0.717) is 27.5 Å². The predicted molar refractivity (Wildman–Crippen MR) is 128 cm³/mol. The van der Waals surface area contributed by atoms with Crippen LogP contribution in [-0.4, -0.2) is 31.1 Å². The Morgan fingerprint density at radius 3 is 2.82 bits per heavy atom. The average molecular weight is 487 g/mol. The molecule has 9 heteroatoms. The van der Waals surface area contributed by atoms with Crippen LogP contribution >= 0.6 is 22.9 Å². The van der Waals surface area contributed by atoms with Gasteiger partial charge >= 0.3 is 0 Å². The van der Waals surface area contributed by atoms with Gasteiger partial charge in [-0.1, -0.05) is 11.6 Å². The minimum absolute atomic E-state index is 0.0301. The van der Waals surface area contributed by atoms with E-state index in [1.807, 2.05) is 0 Å². The van der Waals surface area contributed by atoms with E-state index in [2.05, 4.69) is 10.6 Å². The molecule has 2 aromatic heterocycles. The lowest BCUT2D eigenvalue weighted by Crippen LogP contribution is -2.32. The number of carbonyl (C=O) groups is 2. The normalized spacial score (nSPS) is 17.3. The number of hydrogen-bond acceptors (Lipinski definition) is 6. The summed E-state index contributed by atoms with van der Waals surface area (Å²) in [5.74, 6) is -0.909. The van der Waals surface area contributed by atoms with Crippen LogP contribution in [0.5, 0.6) is 0 Å². The summed E-state index contributed by atoms with van der Waals surface area (Å²) in [6.07, 6.45) is 4.63. The molecule has 2 amide bonds. The van der Waals surface area contributed by atoms with E-state index in [1.165, 1.54) is 11.3 Å². The molecule has 0 unspecified atom stereocenters. The average Bonchev–Trinajstić information content (AvgIpc) is 3.51. The van der Waals surface area contributed by atoms with Gasteiger partial charge in [-0.05, 0) is 62.3 Å². The van der Waals surface area contributed by atoms with Crippen molar-refractivity contribution in [2.24, 2.45) is 0 Å². The highest BCUT2D eigenvalue weighted by atomic mass is 35.5. The van der Waals surface area contributed by atoms with Crippen molar-refractivity contribution in [3.05, 3.63) is 60.8 Å². The predicted octanol–water partition coefficient (Wildman–Crippen LogP) is 4.47. The lowest BCUT2D eigenvalue weighted by molar-refractivity contribution is 0.0858. The topological polar surface area (TPSA) is 97.6 Å². The molecular formula is C24H23ClN2O5S. The van der Waals surface area contributed by atoms with Gasteiger partial charge in [0.1, 0.15) is 10.6 Å². The molecule has 0 saturated carbocycles. The Morgan fingerprint density at radius 2 is 2.03 bits per heavy atom. The molecule has 0 bridgehead atoms. The minimum Gasteiger partial charge on any atom is -0.451 e. The molecule has 7 nitrogen and oxygen atoms in total. The largest absolute Gasteiger partial charge is 0.451 e. The molecule has 1 aromatic carbocycles. The fourth-order valence-corrected chi connectivity index (χ4v) is 5.83. The number of hydrogen-bond donors (Lipinski definition) is 2. The number of amides is 2. The van der Waals surface area contributed by atoms with Crippen LogP contribution in [0.3, 0.4) is 0 Å². The van der Waals surface area contributed by atoms with E-state index in [4.69, 9.17) is 20.8 Å². The summed E-state index contributed by atoms with van der Waals surface area (Å²) < 4.78 is 11.3. The van der Waals surface area contributed by atoms with Crippen LogP contribution in [-0.2, 0) is 17.6 Å². The van der Waals surface area contributed by atoms with Crippen LogP contribution in [0.1, 0.15) is 56.2 Å². The van der Waals surface area contributed by atoms with Gasteiger partial charge in [-0.25, -0.2) is 0 Å². The van der Waals surface area contributed by atoms with E-state index >= 15 is 0 Å². The molecular weight excluding hydrogens is 464 g/mol. The number of benzene rings is 1. The molecule has 172 valence electrons. The number of aryl methyl sites for hydroxylation is 2. The highest BCUT2D eigenvalue weighted by Crippen LogP contribution is 2.39. The molecule has 5 rings (SSSR count). The van der Waals surface area contributed by atoms with Gasteiger partial charge in [0.15, 0.2) is 11.2 Å². The highest BCUT2D eigenvalue weighted by Gasteiger charge is 2.29. The maximum atomic E-state index is 13.1. The van der Waals surface area contributed by atoms with Crippen molar-refractivity contribution in [1.82, 2.24) is 5.32 Å². The Bertz CT molecular complexity index is 1320. The molecule has 1 fully saturated rings. The van der Waals surface area contributed by atoms with Gasteiger partial charge in [-0.15, -0.1) is 11.3 Å². The van der Waals surface area contributed by atoms with Crippen LogP contribution in [0, 0.1) is 6.92 Å². The van der Waals surface area contributed by atoms with Crippen molar-refractivity contribution >= 4 is 50.7 Å². The third-order valence-electron chi connectivity index (χ3n) is 6.12. The number of thiophene rings is 1. The molecule has 3 aromatic rings. The van der Waals surface area contributed by atoms with Crippen LogP contribution in [0.4, 0.5) is 5.00 Å². The molecule has 1 aliphatic heterocycles. The standard InChI is InChI=1S/C24H23ClN2O5S/c1-12-8-18-15(9-16(12)25)17(28)10-19(32-18)22(29)27-24-21(14-5-2-6-20(14)33-24)23(30)26-11-13-4-3-7-31-13/h8-10,13H,2-7,11H2,1H3,(H,26,30)(H,27,29)/t13-/m0/s1. The zero-order valence-electron chi connectivity index (χ0n) is 18.1. The zero-order valence-corrected chi connectivity index (χ0v) is 19.7. The van der Waals surface area contributed by atoms with Crippen LogP contribution < -0.4 is 16.1 Å². The molecule has 2 N–H and O–H groups in total. The van der Waals surface area contributed by atoms with Gasteiger partial charge in [0.2, 0.25) is 0 Å². The summed E-state index contributed by atoms with van der Waals surface area (Å²) in [4.78, 5) is 39.7. The minimum atomic E-state index is -0.574. The number of fused-ring (bicyclic) bond motifs is 2. The van der Waals surface area contributed by atoms with E-state index < -0.39 is 5.91 Å². The molecule has 0 spiro atoms. The Morgan fingerprint density at radius 1 is 1.18 bits per heavy atom. The molecule has 1 aliphatic carbocycles. The zero-order chi connectivity index (χ0) is 23.1. The number of nitrogens with one attached hydrogen (secondary N) is 2. The van der Waals surface area contributed by atoms with Crippen LogP contribution in [0.25, 0.3) is 11.0 Å². The number of rotatable bonds is 5. The smallest absolute Gasteiger partial charge is 0.292 e. The van der Waals surface area contributed by atoms with Gasteiger partial charge in [0.25, 0.3) is 11.8 Å². The summed E-state index contributed by atoms with van der Waals surface area (Å²) >= 11 is 7.52. The summed E-state index contributed by atoms with van der Waals surface area (Å²) in [7, 11) is 0. The number of carbonyl (C=O) groups excluding carboxylic acids is 2. The first kappa shape index (κ1) is 22.1. The van der Waals surface area contributed by atoms with Crippen LogP contribution in [0.2, 0.25) is 5.02 Å². The van der Waals surface area contributed by atoms with E-state index in [9.17, 15) is 14.4 Å². The van der Waals surface area contributed by atoms with Gasteiger partial charge in [-0.3, -0.25) is 14.4 Å². The second kappa shape index (κ2) is 8.93. The quantitative estimate of drug-likeness (QED) is 0.554. The Hall–Kier alpha value is -2.68.